The Kier molecular flexibility index (Phi) is 4.59. The van der Waals surface area contributed by atoms with Gasteiger partial charge in [0.1, 0.15) is 5.82 Å². The molecular weight excluding hydrogens is 374 g/mol. The second-order valence-corrected chi connectivity index (χ2v) is 7.33. The lowest BCUT2D eigenvalue weighted by atomic mass is 10.0. The Morgan fingerprint density at radius 2 is 1.87 bits per heavy atom. The van der Waals surface area contributed by atoms with Gasteiger partial charge in [-0.2, -0.15) is 5.10 Å². The summed E-state index contributed by atoms with van der Waals surface area (Å²) in [5.74, 6) is 1.43. The van der Waals surface area contributed by atoms with Crippen LogP contribution in [0.5, 0.6) is 0 Å². The smallest absolute Gasteiger partial charge is 0.233 e. The lowest BCUT2D eigenvalue weighted by molar-refractivity contribution is -0.117. The first-order valence-corrected chi connectivity index (χ1v) is 10.1. The predicted octanol–water partition coefficient (Wildman–Crippen LogP) is 3.98. The van der Waals surface area contributed by atoms with Crippen molar-refractivity contribution in [2.75, 3.05) is 4.90 Å². The molecule has 1 amide bonds. The number of hydrogen-bond donors (Lipinski definition) is 0. The van der Waals surface area contributed by atoms with E-state index in [4.69, 9.17) is 4.98 Å². The molecule has 2 aromatic carbocycles. The van der Waals surface area contributed by atoms with Gasteiger partial charge in [-0.3, -0.25) is 9.69 Å². The second-order valence-electron chi connectivity index (χ2n) is 7.33. The highest BCUT2D eigenvalue weighted by molar-refractivity contribution is 6.00. The van der Waals surface area contributed by atoms with Crippen LogP contribution in [0.1, 0.15) is 23.6 Å². The SMILES string of the molecule is CCc1ccccc1-c1ncc2c(n1)N(Cc1ccc(-n3cccn3)cc1)C(=O)C2. The average Bonchev–Trinajstić information content (AvgIpc) is 3.43. The Balaban J connectivity index is 1.45. The van der Waals surface area contributed by atoms with Gasteiger partial charge in [-0.05, 0) is 35.7 Å². The molecule has 6 nitrogen and oxygen atoms in total. The van der Waals surface area contributed by atoms with Gasteiger partial charge in [0.05, 0.1) is 18.7 Å². The minimum atomic E-state index is 0.0522. The van der Waals surface area contributed by atoms with E-state index in [1.807, 2.05) is 59.4 Å². The summed E-state index contributed by atoms with van der Waals surface area (Å²) < 4.78 is 1.81. The third-order valence-corrected chi connectivity index (χ3v) is 5.43. The summed E-state index contributed by atoms with van der Waals surface area (Å²) in [4.78, 5) is 23.8. The first-order valence-electron chi connectivity index (χ1n) is 10.1. The summed E-state index contributed by atoms with van der Waals surface area (Å²) in [6, 6.07) is 18.1. The van der Waals surface area contributed by atoms with E-state index in [0.717, 1.165) is 28.8 Å². The van der Waals surface area contributed by atoms with E-state index >= 15 is 0 Å². The van der Waals surface area contributed by atoms with Crippen molar-refractivity contribution >= 4 is 11.7 Å². The Morgan fingerprint density at radius 3 is 2.63 bits per heavy atom. The normalized spacial score (nSPS) is 13.0. The number of aromatic nitrogens is 4. The summed E-state index contributed by atoms with van der Waals surface area (Å²) in [6.45, 7) is 2.60. The Hall–Kier alpha value is -3.80. The van der Waals surface area contributed by atoms with Crippen LogP contribution < -0.4 is 4.90 Å². The highest BCUT2D eigenvalue weighted by Gasteiger charge is 2.30. The van der Waals surface area contributed by atoms with Gasteiger partial charge in [0.25, 0.3) is 0 Å². The number of nitrogens with zero attached hydrogens (tertiary/aromatic N) is 5. The van der Waals surface area contributed by atoms with Gasteiger partial charge in [0, 0.05) is 29.7 Å². The third kappa shape index (κ3) is 3.26. The van der Waals surface area contributed by atoms with Crippen LogP contribution in [0.3, 0.4) is 0 Å². The van der Waals surface area contributed by atoms with Crippen molar-refractivity contribution < 1.29 is 4.79 Å². The Morgan fingerprint density at radius 1 is 1.03 bits per heavy atom. The van der Waals surface area contributed by atoms with Gasteiger partial charge < -0.3 is 0 Å². The topological polar surface area (TPSA) is 63.9 Å². The number of carbonyl (C=O) groups is 1. The van der Waals surface area contributed by atoms with Crippen LogP contribution in [0, 0.1) is 0 Å². The van der Waals surface area contributed by atoms with E-state index in [0.29, 0.717) is 24.6 Å². The zero-order chi connectivity index (χ0) is 20.5. The Labute approximate surface area is 174 Å². The lowest BCUT2D eigenvalue weighted by Gasteiger charge is -2.17. The molecule has 5 rings (SSSR count). The molecule has 2 aromatic heterocycles. The summed E-state index contributed by atoms with van der Waals surface area (Å²) in [5, 5.41) is 4.25. The van der Waals surface area contributed by atoms with Crippen molar-refractivity contribution in [3.8, 4) is 17.1 Å². The number of aryl methyl sites for hydroxylation is 1. The molecule has 0 saturated carbocycles. The van der Waals surface area contributed by atoms with Crippen molar-refractivity contribution in [2.45, 2.75) is 26.3 Å². The number of benzene rings is 2. The minimum absolute atomic E-state index is 0.0522. The quantitative estimate of drug-likeness (QED) is 0.513. The molecule has 0 radical (unpaired) electrons. The number of rotatable bonds is 5. The predicted molar refractivity (Wildman–Crippen MR) is 115 cm³/mol. The molecule has 1 aliphatic heterocycles. The zero-order valence-electron chi connectivity index (χ0n) is 16.7. The van der Waals surface area contributed by atoms with E-state index in [1.54, 1.807) is 17.3 Å². The molecule has 0 N–H and O–H groups in total. The van der Waals surface area contributed by atoms with Crippen LogP contribution in [-0.4, -0.2) is 25.7 Å². The van der Waals surface area contributed by atoms with Crippen LogP contribution in [0.25, 0.3) is 17.1 Å². The maximum absolute atomic E-state index is 12.7. The average molecular weight is 395 g/mol. The number of fused-ring (bicyclic) bond motifs is 1. The van der Waals surface area contributed by atoms with Crippen LogP contribution in [-0.2, 0) is 24.2 Å². The molecule has 148 valence electrons. The molecule has 6 heteroatoms. The molecule has 0 bridgehead atoms. The fraction of sp³-hybridized carbons (Fsp3) is 0.167. The highest BCUT2D eigenvalue weighted by atomic mass is 16.2. The van der Waals surface area contributed by atoms with Gasteiger partial charge in [0.2, 0.25) is 5.91 Å². The summed E-state index contributed by atoms with van der Waals surface area (Å²) in [6.07, 6.45) is 6.70. The van der Waals surface area contributed by atoms with Gasteiger partial charge >= 0.3 is 0 Å². The van der Waals surface area contributed by atoms with Crippen molar-refractivity contribution in [3.63, 3.8) is 0 Å². The monoisotopic (exact) mass is 395 g/mol. The second kappa shape index (κ2) is 7.55. The van der Waals surface area contributed by atoms with Crippen LogP contribution in [0.15, 0.2) is 73.2 Å². The van der Waals surface area contributed by atoms with Gasteiger partial charge in [0.15, 0.2) is 5.82 Å². The molecule has 0 fully saturated rings. The molecule has 0 unspecified atom stereocenters. The molecule has 3 heterocycles. The molecule has 0 spiro atoms. The van der Waals surface area contributed by atoms with E-state index < -0.39 is 0 Å². The molecule has 0 saturated heterocycles. The lowest BCUT2D eigenvalue weighted by Crippen LogP contribution is -2.26. The molecular formula is C24H21N5O. The number of hydrogen-bond acceptors (Lipinski definition) is 4. The Bertz CT molecular complexity index is 1200. The molecule has 1 aliphatic rings. The molecule has 0 aliphatic carbocycles. The van der Waals surface area contributed by atoms with Crippen LogP contribution >= 0.6 is 0 Å². The summed E-state index contributed by atoms with van der Waals surface area (Å²) in [7, 11) is 0. The van der Waals surface area contributed by atoms with Gasteiger partial charge in [-0.15, -0.1) is 0 Å². The van der Waals surface area contributed by atoms with E-state index in [-0.39, 0.29) is 5.91 Å². The fourth-order valence-electron chi connectivity index (χ4n) is 3.83. The first kappa shape index (κ1) is 18.2. The highest BCUT2D eigenvalue weighted by Crippen LogP contribution is 2.31. The largest absolute Gasteiger partial charge is 0.292 e. The summed E-state index contributed by atoms with van der Waals surface area (Å²) in [5.41, 5.74) is 5.12. The standard InChI is InChI=1S/C24H21N5O/c1-2-18-6-3-4-7-21(18)23-25-15-19-14-22(30)28(24(19)27-23)16-17-8-10-20(11-9-17)29-13-5-12-26-29/h3-13,15H,2,14,16H2,1H3. The van der Waals surface area contributed by atoms with Crippen LogP contribution in [0.4, 0.5) is 5.82 Å². The maximum Gasteiger partial charge on any atom is 0.233 e. The zero-order valence-corrected chi connectivity index (χ0v) is 16.7. The molecule has 4 aromatic rings. The van der Waals surface area contributed by atoms with Crippen molar-refractivity contribution in [3.05, 3.63) is 89.9 Å². The van der Waals surface area contributed by atoms with E-state index in [2.05, 4.69) is 23.1 Å². The van der Waals surface area contributed by atoms with Gasteiger partial charge in [-0.1, -0.05) is 43.3 Å². The fourth-order valence-corrected chi connectivity index (χ4v) is 3.83. The molecule has 30 heavy (non-hydrogen) atoms. The van der Waals surface area contributed by atoms with Crippen molar-refractivity contribution in [1.29, 1.82) is 0 Å². The third-order valence-electron chi connectivity index (χ3n) is 5.43. The van der Waals surface area contributed by atoms with Gasteiger partial charge in [-0.25, -0.2) is 14.6 Å². The van der Waals surface area contributed by atoms with Crippen molar-refractivity contribution in [2.24, 2.45) is 0 Å². The molecule has 0 atom stereocenters. The van der Waals surface area contributed by atoms with E-state index in [1.165, 1.54) is 5.56 Å². The van der Waals surface area contributed by atoms with Crippen LogP contribution in [0.2, 0.25) is 0 Å². The maximum atomic E-state index is 12.7. The number of anilines is 1. The van der Waals surface area contributed by atoms with E-state index in [9.17, 15) is 4.79 Å². The summed E-state index contributed by atoms with van der Waals surface area (Å²) >= 11 is 0. The van der Waals surface area contributed by atoms with Crippen molar-refractivity contribution in [1.82, 2.24) is 19.7 Å². The number of amides is 1. The first-order chi connectivity index (χ1) is 14.7. The minimum Gasteiger partial charge on any atom is -0.292 e. The number of carbonyl (C=O) groups excluding carboxylic acids is 1.